The van der Waals surface area contributed by atoms with E-state index in [-0.39, 0.29) is 0 Å². The number of anilines is 3. The van der Waals surface area contributed by atoms with Crippen LogP contribution in [0.5, 0.6) is 0 Å². The van der Waals surface area contributed by atoms with Crippen molar-refractivity contribution in [2.45, 2.75) is 156 Å². The van der Waals surface area contributed by atoms with E-state index in [1.54, 1.807) is 0 Å². The minimum Gasteiger partial charge on any atom is -0.375 e. The highest BCUT2D eigenvalue weighted by Gasteiger charge is 2.56. The Morgan fingerprint density at radius 1 is 0.293 bits per heavy atom. The van der Waals surface area contributed by atoms with Gasteiger partial charge in [0, 0.05) is 43.6 Å². The Kier molecular flexibility index (Phi) is 24.0. The molecular weight excluding hydrogens is 989 g/mol. The van der Waals surface area contributed by atoms with E-state index >= 15 is 0 Å². The summed E-state index contributed by atoms with van der Waals surface area (Å²) in [5, 5.41) is 0. The highest BCUT2D eigenvalue weighted by molar-refractivity contribution is 6.02. The van der Waals surface area contributed by atoms with Gasteiger partial charge in [0.05, 0.1) is 10.8 Å². The zero-order valence-electron chi connectivity index (χ0n) is 54.4. The topological polar surface area (TPSA) is 6.48 Å². The van der Waals surface area contributed by atoms with E-state index in [2.05, 4.69) is 219 Å². The van der Waals surface area contributed by atoms with Crippen molar-refractivity contribution in [2.24, 2.45) is 0 Å². The lowest BCUT2D eigenvalue weighted by Gasteiger charge is -2.33. The van der Waals surface area contributed by atoms with E-state index in [1.165, 1.54) is 128 Å². The van der Waals surface area contributed by atoms with E-state index in [0.717, 1.165) is 19.5 Å². The number of fused-ring (bicyclic) bond motifs is 23. The predicted molar refractivity (Wildman–Crippen MR) is 367 cm³/mol. The van der Waals surface area contributed by atoms with E-state index < -0.39 is 10.8 Å². The molecule has 0 aliphatic heterocycles. The molecule has 82 heavy (non-hydrogen) atoms. The van der Waals surface area contributed by atoms with Crippen molar-refractivity contribution in [2.75, 3.05) is 29.9 Å². The summed E-state index contributed by atoms with van der Waals surface area (Å²) in [5.74, 6) is 0. The predicted octanol–water partition coefficient (Wildman–Crippen LogP) is 23.8. The van der Waals surface area contributed by atoms with Crippen molar-refractivity contribution in [3.05, 3.63) is 244 Å². The highest BCUT2D eigenvalue weighted by Crippen LogP contribution is 2.68. The normalized spacial score (nSPS) is 12.2. The van der Waals surface area contributed by atoms with Crippen LogP contribution in [0.15, 0.2) is 188 Å². The van der Waals surface area contributed by atoms with Gasteiger partial charge < -0.3 is 9.80 Å². The molecule has 0 N–H and O–H groups in total. The summed E-state index contributed by atoms with van der Waals surface area (Å²) < 4.78 is 0. The Morgan fingerprint density at radius 3 is 1.02 bits per heavy atom. The summed E-state index contributed by atoms with van der Waals surface area (Å²) in [6.07, 6.45) is 0.955. The molecule has 2 spiro atoms. The summed E-state index contributed by atoms with van der Waals surface area (Å²) in [7, 11) is 2.22. The Hall–Kier alpha value is -7.42. The van der Waals surface area contributed by atoms with Crippen molar-refractivity contribution in [1.29, 1.82) is 0 Å². The number of hydrogen-bond acceptors (Lipinski definition) is 2. The Bertz CT molecular complexity index is 3410. The average Bonchev–Trinajstić information content (AvgIpc) is 4.50. The monoisotopic (exact) mass is 1090 g/mol. The van der Waals surface area contributed by atoms with Gasteiger partial charge in [0.1, 0.15) is 0 Å². The molecule has 0 aromatic heterocycles. The molecule has 0 fully saturated rings. The lowest BCUT2D eigenvalue weighted by molar-refractivity contribution is 0.782. The van der Waals surface area contributed by atoms with Crippen LogP contribution < -0.4 is 9.80 Å². The lowest BCUT2D eigenvalue weighted by Crippen LogP contribution is -2.28. The van der Waals surface area contributed by atoms with Crippen molar-refractivity contribution in [3.8, 4) is 55.6 Å². The maximum absolute atomic E-state index is 2.64. The van der Waals surface area contributed by atoms with Gasteiger partial charge in [0.25, 0.3) is 0 Å². The van der Waals surface area contributed by atoms with Gasteiger partial charge in [-0.25, -0.2) is 0 Å². The van der Waals surface area contributed by atoms with Crippen molar-refractivity contribution in [1.82, 2.24) is 0 Å². The number of rotatable bonds is 5. The van der Waals surface area contributed by atoms with Crippen LogP contribution in [0.3, 0.4) is 0 Å². The molecular formula is C80H100N2. The largest absolute Gasteiger partial charge is 0.375 e. The Labute approximate surface area is 499 Å². The van der Waals surface area contributed by atoms with Crippen LogP contribution in [-0.2, 0) is 17.3 Å². The molecule has 0 saturated carbocycles. The molecule has 0 heterocycles. The second kappa shape index (κ2) is 30.0. The fourth-order valence-electron chi connectivity index (χ4n) is 13.2. The number of hydrogen-bond donors (Lipinski definition) is 0. The zero-order chi connectivity index (χ0) is 60.5. The summed E-state index contributed by atoms with van der Waals surface area (Å²) >= 11 is 0. The van der Waals surface area contributed by atoms with Crippen LogP contribution in [-0.4, -0.2) is 20.1 Å². The standard InChI is InChI=1S/C62H46N2.9C2H6/c1-4-63(3)39-29-31-47-49-36-59-50(37-58(49)61(56(47)34-39)52-24-12-8-19-43(52)44-20-9-13-25-53(44)61)48-32-30-40(64(5-2)60-28-16-23-42-41-18-7-6-17-38(41)33-51(42)60)35-57(48)62(59)54-26-14-10-21-45(54)46-22-11-15-27-55(46)62;9*1-2/h6-32,34-37H,4-5,33H2,1-3H3;9*1-2H3. The third-order valence-electron chi connectivity index (χ3n) is 15.9. The van der Waals surface area contributed by atoms with Crippen LogP contribution in [0.1, 0.15) is 194 Å². The maximum Gasteiger partial charge on any atom is 0.0726 e. The molecule has 9 aromatic rings. The van der Waals surface area contributed by atoms with Crippen molar-refractivity contribution in [3.63, 3.8) is 0 Å². The molecule has 2 nitrogen and oxygen atoms in total. The van der Waals surface area contributed by atoms with Gasteiger partial charge in [-0.15, -0.1) is 0 Å². The first-order chi connectivity index (χ1) is 40.6. The summed E-state index contributed by atoms with van der Waals surface area (Å²) in [6, 6.07) is 72.8. The van der Waals surface area contributed by atoms with Gasteiger partial charge in [-0.2, -0.15) is 0 Å². The van der Waals surface area contributed by atoms with E-state index in [0.29, 0.717) is 0 Å². The minimum atomic E-state index is -0.499. The molecule has 0 unspecified atom stereocenters. The first-order valence-corrected chi connectivity index (χ1v) is 32.1. The second-order valence-electron chi connectivity index (χ2n) is 18.5. The molecule has 5 aliphatic rings. The number of benzene rings is 9. The molecule has 5 aliphatic carbocycles. The maximum atomic E-state index is 2.64. The van der Waals surface area contributed by atoms with Gasteiger partial charge in [-0.1, -0.05) is 270 Å². The van der Waals surface area contributed by atoms with Gasteiger partial charge in [-0.3, -0.25) is 0 Å². The SMILES string of the molecule is CC.CC.CC.CC.CC.CC.CC.CC.CC.CCN(C)c1ccc2c(c1)C1(c3ccccc3-c3ccccc31)c1cc3c(cc1-2)C1(c2ccccc2-c2ccccc21)c1cc(N(CC)c2cccc4c2Cc2ccccc2-4)ccc1-3. The molecule has 0 atom stereocenters. The number of nitrogens with zero attached hydrogens (tertiary/aromatic N) is 2. The molecule has 0 amide bonds. The lowest BCUT2D eigenvalue weighted by atomic mass is 9.68. The fraction of sp³-hybridized carbons (Fsp3) is 0.325. The van der Waals surface area contributed by atoms with Crippen LogP contribution in [0.25, 0.3) is 55.6 Å². The van der Waals surface area contributed by atoms with Crippen LogP contribution in [0.4, 0.5) is 17.1 Å². The van der Waals surface area contributed by atoms with E-state index in [1.807, 2.05) is 125 Å². The minimum absolute atomic E-state index is 0.455. The van der Waals surface area contributed by atoms with Gasteiger partial charge >= 0.3 is 0 Å². The third kappa shape index (κ3) is 10.1. The van der Waals surface area contributed by atoms with E-state index in [4.69, 9.17) is 0 Å². The molecule has 2 heteroatoms. The van der Waals surface area contributed by atoms with Gasteiger partial charge in [0.15, 0.2) is 0 Å². The second-order valence-corrected chi connectivity index (χ2v) is 18.5. The van der Waals surface area contributed by atoms with E-state index in [9.17, 15) is 0 Å². The Balaban J connectivity index is 0.000000629. The summed E-state index contributed by atoms with van der Waals surface area (Å²) in [4.78, 5) is 4.94. The van der Waals surface area contributed by atoms with Crippen LogP contribution in [0, 0.1) is 0 Å². The highest BCUT2D eigenvalue weighted by atomic mass is 15.1. The average molecular weight is 1090 g/mol. The molecule has 430 valence electrons. The molecule has 9 aromatic carbocycles. The smallest absolute Gasteiger partial charge is 0.0726 e. The summed E-state index contributed by atoms with van der Waals surface area (Å²) in [6.45, 7) is 42.4. The first kappa shape index (κ1) is 65.4. The molecule has 14 rings (SSSR count). The Morgan fingerprint density at radius 2 is 0.622 bits per heavy atom. The van der Waals surface area contributed by atoms with Crippen molar-refractivity contribution >= 4 is 17.1 Å². The molecule has 0 radical (unpaired) electrons. The zero-order valence-corrected chi connectivity index (χ0v) is 54.4. The summed E-state index contributed by atoms with van der Waals surface area (Å²) in [5.41, 5.74) is 30.1. The molecule has 0 saturated heterocycles. The third-order valence-corrected chi connectivity index (χ3v) is 15.9. The van der Waals surface area contributed by atoms with Crippen LogP contribution >= 0.6 is 0 Å². The van der Waals surface area contributed by atoms with Gasteiger partial charge in [0.2, 0.25) is 0 Å². The van der Waals surface area contributed by atoms with Gasteiger partial charge in [-0.05, 0) is 168 Å². The quantitative estimate of drug-likeness (QED) is 0.169. The van der Waals surface area contributed by atoms with Crippen LogP contribution in [0.2, 0.25) is 0 Å². The fourth-order valence-corrected chi connectivity index (χ4v) is 13.2. The molecule has 0 bridgehead atoms. The van der Waals surface area contributed by atoms with Crippen molar-refractivity contribution < 1.29 is 0 Å². The first-order valence-electron chi connectivity index (χ1n) is 32.1.